The van der Waals surface area contributed by atoms with Gasteiger partial charge in [0.1, 0.15) is 0 Å². The molecule has 0 radical (unpaired) electrons. The molecule has 17 heavy (non-hydrogen) atoms. The van der Waals surface area contributed by atoms with Gasteiger partial charge in [0.25, 0.3) is 0 Å². The molecule has 2 heterocycles. The third-order valence-corrected chi connectivity index (χ3v) is 6.28. The Morgan fingerprint density at radius 3 is 2.76 bits per heavy atom. The van der Waals surface area contributed by atoms with Crippen LogP contribution in [-0.2, 0) is 0 Å². The largest absolute Gasteiger partial charge is 0.370 e. The Balaban J connectivity index is 1.75. The number of guanidine groups is 1. The molecule has 2 saturated heterocycles. The summed E-state index contributed by atoms with van der Waals surface area (Å²) in [5, 5.41) is 0.677. The van der Waals surface area contributed by atoms with E-state index in [4.69, 9.17) is 5.73 Å². The molecular formula is C12H23N3S2. The summed E-state index contributed by atoms with van der Waals surface area (Å²) in [6, 6.07) is 0. The number of hydrogen-bond donors (Lipinski definition) is 1. The molecule has 0 aromatic heterocycles. The van der Waals surface area contributed by atoms with Gasteiger partial charge < -0.3 is 10.6 Å². The normalized spacial score (nSPS) is 28.4. The highest BCUT2D eigenvalue weighted by atomic mass is 32.2. The van der Waals surface area contributed by atoms with E-state index in [1.54, 1.807) is 0 Å². The summed E-state index contributed by atoms with van der Waals surface area (Å²) in [7, 11) is 0. The van der Waals surface area contributed by atoms with Crippen molar-refractivity contribution < 1.29 is 0 Å². The highest BCUT2D eigenvalue weighted by Crippen LogP contribution is 2.24. The van der Waals surface area contributed by atoms with Gasteiger partial charge in [-0.3, -0.25) is 4.99 Å². The Hall–Kier alpha value is -0.0300. The molecule has 0 spiro atoms. The van der Waals surface area contributed by atoms with Gasteiger partial charge in [0.15, 0.2) is 5.96 Å². The Bertz CT molecular complexity index is 256. The second-order valence-corrected chi connectivity index (χ2v) is 7.49. The van der Waals surface area contributed by atoms with E-state index in [1.165, 1.54) is 30.1 Å². The quantitative estimate of drug-likeness (QED) is 0.616. The molecule has 2 aliphatic heterocycles. The number of likely N-dealkylation sites (tertiary alicyclic amines) is 1. The van der Waals surface area contributed by atoms with Crippen molar-refractivity contribution >= 4 is 29.5 Å². The SMILES string of the molecule is CC1CCN(C(N)=NCC2CSCCS2)CC1. The maximum Gasteiger partial charge on any atom is 0.191 e. The summed E-state index contributed by atoms with van der Waals surface area (Å²) < 4.78 is 0. The summed E-state index contributed by atoms with van der Waals surface area (Å²) in [4.78, 5) is 6.83. The van der Waals surface area contributed by atoms with Crippen molar-refractivity contribution in [2.75, 3.05) is 36.9 Å². The summed E-state index contributed by atoms with van der Waals surface area (Å²) in [5.41, 5.74) is 6.07. The molecule has 0 bridgehead atoms. The molecule has 0 aromatic rings. The van der Waals surface area contributed by atoms with Crippen LogP contribution in [0.4, 0.5) is 0 Å². The van der Waals surface area contributed by atoms with E-state index < -0.39 is 0 Å². The molecule has 0 aromatic carbocycles. The number of nitrogens with zero attached hydrogens (tertiary/aromatic N) is 2. The molecular weight excluding hydrogens is 250 g/mol. The smallest absolute Gasteiger partial charge is 0.191 e. The molecule has 1 unspecified atom stereocenters. The van der Waals surface area contributed by atoms with E-state index in [0.29, 0.717) is 5.25 Å². The maximum absolute atomic E-state index is 6.07. The minimum Gasteiger partial charge on any atom is -0.370 e. The first-order chi connectivity index (χ1) is 8.25. The number of nitrogens with two attached hydrogens (primary N) is 1. The molecule has 0 amide bonds. The summed E-state index contributed by atoms with van der Waals surface area (Å²) >= 11 is 4.10. The molecule has 98 valence electrons. The van der Waals surface area contributed by atoms with Gasteiger partial charge in [0.2, 0.25) is 0 Å². The number of hydrogen-bond acceptors (Lipinski definition) is 3. The minimum absolute atomic E-state index is 0.677. The van der Waals surface area contributed by atoms with E-state index in [1.807, 2.05) is 11.8 Å². The van der Waals surface area contributed by atoms with E-state index >= 15 is 0 Å². The van der Waals surface area contributed by atoms with Crippen LogP contribution in [0.25, 0.3) is 0 Å². The summed E-state index contributed by atoms with van der Waals surface area (Å²) in [6.07, 6.45) is 2.51. The van der Waals surface area contributed by atoms with Crippen molar-refractivity contribution in [3.05, 3.63) is 0 Å². The van der Waals surface area contributed by atoms with E-state index in [2.05, 4.69) is 28.6 Å². The Morgan fingerprint density at radius 2 is 2.12 bits per heavy atom. The van der Waals surface area contributed by atoms with E-state index in [0.717, 1.165) is 31.5 Å². The van der Waals surface area contributed by atoms with Crippen LogP contribution in [0.15, 0.2) is 4.99 Å². The van der Waals surface area contributed by atoms with Gasteiger partial charge in [-0.25, -0.2) is 0 Å². The fraction of sp³-hybridized carbons (Fsp3) is 0.917. The molecule has 5 heteroatoms. The highest BCUT2D eigenvalue weighted by molar-refractivity contribution is 8.06. The van der Waals surface area contributed by atoms with Crippen molar-refractivity contribution in [3.63, 3.8) is 0 Å². The average Bonchev–Trinajstić information content (AvgIpc) is 2.38. The van der Waals surface area contributed by atoms with Crippen LogP contribution in [0.3, 0.4) is 0 Å². The highest BCUT2D eigenvalue weighted by Gasteiger charge is 2.18. The van der Waals surface area contributed by atoms with Gasteiger partial charge in [0, 0.05) is 35.6 Å². The summed E-state index contributed by atoms with van der Waals surface area (Å²) in [5.74, 6) is 5.42. The Morgan fingerprint density at radius 1 is 1.35 bits per heavy atom. The van der Waals surface area contributed by atoms with Crippen LogP contribution < -0.4 is 5.73 Å². The lowest BCUT2D eigenvalue weighted by atomic mass is 10.00. The van der Waals surface area contributed by atoms with Gasteiger partial charge in [-0.1, -0.05) is 6.92 Å². The lowest BCUT2D eigenvalue weighted by molar-refractivity contribution is 0.277. The number of rotatable bonds is 2. The zero-order valence-electron chi connectivity index (χ0n) is 10.6. The predicted molar refractivity (Wildman–Crippen MR) is 80.0 cm³/mol. The molecule has 0 saturated carbocycles. The molecule has 1 atom stereocenters. The molecule has 3 nitrogen and oxygen atoms in total. The van der Waals surface area contributed by atoms with Crippen molar-refractivity contribution in [2.24, 2.45) is 16.6 Å². The minimum atomic E-state index is 0.677. The van der Waals surface area contributed by atoms with E-state index in [-0.39, 0.29) is 0 Å². The maximum atomic E-state index is 6.07. The van der Waals surface area contributed by atoms with Crippen LogP contribution in [0, 0.1) is 5.92 Å². The third-order valence-electron chi connectivity index (χ3n) is 3.45. The topological polar surface area (TPSA) is 41.6 Å². The summed E-state index contributed by atoms with van der Waals surface area (Å²) in [6.45, 7) is 5.39. The van der Waals surface area contributed by atoms with Crippen LogP contribution in [0.2, 0.25) is 0 Å². The van der Waals surface area contributed by atoms with Crippen molar-refractivity contribution in [1.82, 2.24) is 4.90 Å². The number of aliphatic imine (C=N–C) groups is 1. The Labute approximate surface area is 113 Å². The van der Waals surface area contributed by atoms with Crippen LogP contribution >= 0.6 is 23.5 Å². The van der Waals surface area contributed by atoms with Crippen molar-refractivity contribution in [2.45, 2.75) is 25.0 Å². The van der Waals surface area contributed by atoms with Gasteiger partial charge in [-0.15, -0.1) is 0 Å². The fourth-order valence-corrected chi connectivity index (χ4v) is 4.75. The molecule has 0 aliphatic carbocycles. The average molecular weight is 273 g/mol. The number of thioether (sulfide) groups is 2. The van der Waals surface area contributed by atoms with E-state index in [9.17, 15) is 0 Å². The first-order valence-corrected chi connectivity index (χ1v) is 8.70. The lowest BCUT2D eigenvalue weighted by Gasteiger charge is -2.31. The van der Waals surface area contributed by atoms with Crippen molar-refractivity contribution in [3.8, 4) is 0 Å². The zero-order valence-corrected chi connectivity index (χ0v) is 12.2. The second kappa shape index (κ2) is 6.78. The van der Waals surface area contributed by atoms with Gasteiger partial charge in [0.05, 0.1) is 6.54 Å². The second-order valence-electron chi connectivity index (χ2n) is 4.94. The van der Waals surface area contributed by atoms with Gasteiger partial charge >= 0.3 is 0 Å². The first-order valence-electron chi connectivity index (χ1n) is 6.50. The van der Waals surface area contributed by atoms with Crippen LogP contribution in [0.1, 0.15) is 19.8 Å². The predicted octanol–water partition coefficient (Wildman–Crippen LogP) is 1.88. The molecule has 2 N–H and O–H groups in total. The fourth-order valence-electron chi connectivity index (χ4n) is 2.18. The Kier molecular flexibility index (Phi) is 5.35. The lowest BCUT2D eigenvalue weighted by Crippen LogP contribution is -2.42. The molecule has 2 fully saturated rings. The molecule has 2 rings (SSSR count). The zero-order chi connectivity index (χ0) is 12.1. The standard InChI is InChI=1S/C12H23N3S2/c1-10-2-4-15(5-3-10)12(13)14-8-11-9-16-6-7-17-11/h10-11H,2-9H2,1H3,(H2,13,14). The van der Waals surface area contributed by atoms with Crippen LogP contribution in [0.5, 0.6) is 0 Å². The van der Waals surface area contributed by atoms with Crippen molar-refractivity contribution in [1.29, 1.82) is 0 Å². The van der Waals surface area contributed by atoms with Gasteiger partial charge in [-0.05, 0) is 18.8 Å². The number of piperidine rings is 1. The first kappa shape index (κ1) is 13.4. The monoisotopic (exact) mass is 273 g/mol. The third kappa shape index (κ3) is 4.28. The molecule has 2 aliphatic rings. The van der Waals surface area contributed by atoms with Crippen LogP contribution in [-0.4, -0.2) is 53.0 Å². The van der Waals surface area contributed by atoms with Gasteiger partial charge in [-0.2, -0.15) is 23.5 Å².